The van der Waals surface area contributed by atoms with Gasteiger partial charge in [-0.1, -0.05) is 18.3 Å². The number of carbonyl (C=O) groups is 1. The van der Waals surface area contributed by atoms with E-state index in [1.807, 2.05) is 25.1 Å². The average Bonchev–Trinajstić information content (AvgIpc) is 3.04. The second-order valence-electron chi connectivity index (χ2n) is 5.76. The van der Waals surface area contributed by atoms with E-state index in [1.54, 1.807) is 0 Å². The van der Waals surface area contributed by atoms with Crippen LogP contribution in [0.15, 0.2) is 18.2 Å². The number of fused-ring (bicyclic) bond motifs is 1. The summed E-state index contributed by atoms with van der Waals surface area (Å²) in [7, 11) is 0. The van der Waals surface area contributed by atoms with Crippen LogP contribution in [-0.4, -0.2) is 42.0 Å². The van der Waals surface area contributed by atoms with Crippen molar-refractivity contribution in [2.45, 2.75) is 20.3 Å². The normalized spacial score (nSPS) is 18.7. The van der Waals surface area contributed by atoms with E-state index in [0.717, 1.165) is 29.1 Å². The Morgan fingerprint density at radius 1 is 1.55 bits per heavy atom. The largest absolute Gasteiger partial charge is 0.494 e. The first-order chi connectivity index (χ1) is 10.6. The molecule has 1 N–H and O–H groups in total. The Hall–Kier alpha value is -1.66. The number of ether oxygens (including phenoxy) is 1. The van der Waals surface area contributed by atoms with E-state index in [9.17, 15) is 4.79 Å². The average molecular weight is 319 g/mol. The maximum absolute atomic E-state index is 12.1. The van der Waals surface area contributed by atoms with E-state index in [-0.39, 0.29) is 5.91 Å². The Kier molecular flexibility index (Phi) is 4.59. The quantitative estimate of drug-likeness (QED) is 0.920. The Balaban J connectivity index is 1.64. The van der Waals surface area contributed by atoms with Gasteiger partial charge >= 0.3 is 0 Å². The maximum atomic E-state index is 12.1. The second kappa shape index (κ2) is 6.62. The molecule has 0 bridgehead atoms. The first kappa shape index (κ1) is 15.2. The van der Waals surface area contributed by atoms with Gasteiger partial charge in [-0.2, -0.15) is 0 Å². The van der Waals surface area contributed by atoms with Gasteiger partial charge in [-0.25, -0.2) is 4.98 Å². The van der Waals surface area contributed by atoms with Gasteiger partial charge in [-0.3, -0.25) is 9.69 Å². The van der Waals surface area contributed by atoms with E-state index in [2.05, 4.69) is 22.1 Å². The molecule has 0 spiro atoms. The maximum Gasteiger partial charge on any atom is 0.240 e. The van der Waals surface area contributed by atoms with Crippen molar-refractivity contribution in [1.82, 2.24) is 9.88 Å². The SMILES string of the molecule is CCOc1ccc2nc(NC(=O)CN3CCC(C)C3)sc2c1. The van der Waals surface area contributed by atoms with Crippen molar-refractivity contribution < 1.29 is 9.53 Å². The number of thiazole rings is 1. The van der Waals surface area contributed by atoms with E-state index in [4.69, 9.17) is 4.74 Å². The lowest BCUT2D eigenvalue weighted by Gasteiger charge is -2.13. The van der Waals surface area contributed by atoms with Gasteiger partial charge in [-0.05, 0) is 44.0 Å². The number of hydrogen-bond acceptors (Lipinski definition) is 5. The highest BCUT2D eigenvalue weighted by molar-refractivity contribution is 7.22. The highest BCUT2D eigenvalue weighted by atomic mass is 32.1. The third-order valence-electron chi connectivity index (χ3n) is 3.79. The standard InChI is InChI=1S/C16H21N3O2S/c1-3-21-12-4-5-13-14(8-12)22-16(17-13)18-15(20)10-19-7-6-11(2)9-19/h4-5,8,11H,3,6-7,9-10H2,1-2H3,(H,17,18,20). The molecule has 1 aromatic heterocycles. The molecule has 2 aromatic rings. The summed E-state index contributed by atoms with van der Waals surface area (Å²) >= 11 is 1.48. The number of benzene rings is 1. The number of aromatic nitrogens is 1. The molecular formula is C16H21N3O2S. The fourth-order valence-corrected chi connectivity index (χ4v) is 3.66. The summed E-state index contributed by atoms with van der Waals surface area (Å²) < 4.78 is 6.51. The molecule has 1 fully saturated rings. The van der Waals surface area contributed by atoms with E-state index in [0.29, 0.717) is 24.2 Å². The second-order valence-corrected chi connectivity index (χ2v) is 6.79. The molecule has 22 heavy (non-hydrogen) atoms. The third kappa shape index (κ3) is 3.56. The van der Waals surface area contributed by atoms with Crippen LogP contribution in [0.2, 0.25) is 0 Å². The molecule has 0 saturated carbocycles. The fraction of sp³-hybridized carbons (Fsp3) is 0.500. The topological polar surface area (TPSA) is 54.5 Å². The molecule has 1 unspecified atom stereocenters. The minimum Gasteiger partial charge on any atom is -0.494 e. The van der Waals surface area contributed by atoms with Crippen LogP contribution in [0.1, 0.15) is 20.3 Å². The monoisotopic (exact) mass is 319 g/mol. The molecule has 1 aliphatic heterocycles. The summed E-state index contributed by atoms with van der Waals surface area (Å²) in [4.78, 5) is 18.8. The van der Waals surface area contributed by atoms with Crippen molar-refractivity contribution in [3.63, 3.8) is 0 Å². The summed E-state index contributed by atoms with van der Waals surface area (Å²) in [5.41, 5.74) is 0.888. The lowest BCUT2D eigenvalue weighted by atomic mass is 10.2. The Bertz CT molecular complexity index is 670. The summed E-state index contributed by atoms with van der Waals surface area (Å²) in [6.45, 7) is 7.28. The molecule has 3 rings (SSSR count). The number of nitrogens with one attached hydrogen (secondary N) is 1. The highest BCUT2D eigenvalue weighted by Crippen LogP contribution is 2.29. The number of nitrogens with zero attached hydrogens (tertiary/aromatic N) is 2. The predicted octanol–water partition coefficient (Wildman–Crippen LogP) is 2.98. The van der Waals surface area contributed by atoms with Crippen molar-refractivity contribution in [2.24, 2.45) is 5.92 Å². The molecular weight excluding hydrogens is 298 g/mol. The Morgan fingerprint density at radius 3 is 3.14 bits per heavy atom. The predicted molar refractivity (Wildman–Crippen MR) is 89.6 cm³/mol. The molecule has 1 atom stereocenters. The fourth-order valence-electron chi connectivity index (χ4n) is 2.75. The van der Waals surface area contributed by atoms with Crippen LogP contribution >= 0.6 is 11.3 Å². The lowest BCUT2D eigenvalue weighted by molar-refractivity contribution is -0.117. The van der Waals surface area contributed by atoms with Gasteiger partial charge in [0.25, 0.3) is 0 Å². The van der Waals surface area contributed by atoms with Gasteiger partial charge in [0.15, 0.2) is 5.13 Å². The van der Waals surface area contributed by atoms with Crippen LogP contribution in [0.25, 0.3) is 10.2 Å². The van der Waals surface area contributed by atoms with Crippen molar-refractivity contribution >= 4 is 32.6 Å². The first-order valence-electron chi connectivity index (χ1n) is 7.69. The minimum atomic E-state index is 0.0122. The number of anilines is 1. The highest BCUT2D eigenvalue weighted by Gasteiger charge is 2.21. The van der Waals surface area contributed by atoms with Gasteiger partial charge < -0.3 is 10.1 Å². The van der Waals surface area contributed by atoms with Crippen LogP contribution in [0, 0.1) is 5.92 Å². The van der Waals surface area contributed by atoms with Gasteiger partial charge in [0.2, 0.25) is 5.91 Å². The minimum absolute atomic E-state index is 0.0122. The van der Waals surface area contributed by atoms with Gasteiger partial charge in [0.05, 0.1) is 23.4 Å². The zero-order chi connectivity index (χ0) is 15.5. The summed E-state index contributed by atoms with van der Waals surface area (Å²) in [6.07, 6.45) is 1.18. The van der Waals surface area contributed by atoms with E-state index in [1.165, 1.54) is 17.8 Å². The Morgan fingerprint density at radius 2 is 2.41 bits per heavy atom. The molecule has 0 radical (unpaired) electrons. The van der Waals surface area contributed by atoms with Crippen molar-refractivity contribution in [2.75, 3.05) is 31.6 Å². The number of carbonyl (C=O) groups excluding carboxylic acids is 1. The van der Waals surface area contributed by atoms with Crippen molar-refractivity contribution in [1.29, 1.82) is 0 Å². The van der Waals surface area contributed by atoms with Gasteiger partial charge in [0, 0.05) is 6.54 Å². The summed E-state index contributed by atoms with van der Waals surface area (Å²) in [5.74, 6) is 1.54. The Labute approximate surface area is 134 Å². The van der Waals surface area contributed by atoms with Gasteiger partial charge in [0.1, 0.15) is 5.75 Å². The molecule has 1 amide bonds. The zero-order valence-electron chi connectivity index (χ0n) is 13.0. The molecule has 118 valence electrons. The number of rotatable bonds is 5. The van der Waals surface area contributed by atoms with E-state index < -0.39 is 0 Å². The molecule has 1 aromatic carbocycles. The van der Waals surface area contributed by atoms with Crippen LogP contribution in [0.3, 0.4) is 0 Å². The lowest BCUT2D eigenvalue weighted by Crippen LogP contribution is -2.31. The van der Waals surface area contributed by atoms with Crippen LogP contribution in [-0.2, 0) is 4.79 Å². The molecule has 2 heterocycles. The molecule has 6 heteroatoms. The van der Waals surface area contributed by atoms with Crippen LogP contribution < -0.4 is 10.1 Å². The summed E-state index contributed by atoms with van der Waals surface area (Å²) in [5, 5.41) is 3.56. The van der Waals surface area contributed by atoms with Crippen molar-refractivity contribution in [3.05, 3.63) is 18.2 Å². The zero-order valence-corrected chi connectivity index (χ0v) is 13.8. The smallest absolute Gasteiger partial charge is 0.240 e. The number of likely N-dealkylation sites (tertiary alicyclic amines) is 1. The number of hydrogen-bond donors (Lipinski definition) is 1. The molecule has 5 nitrogen and oxygen atoms in total. The van der Waals surface area contributed by atoms with Gasteiger partial charge in [-0.15, -0.1) is 0 Å². The number of amides is 1. The first-order valence-corrected chi connectivity index (χ1v) is 8.51. The molecule has 0 aliphatic carbocycles. The van der Waals surface area contributed by atoms with E-state index >= 15 is 0 Å². The van der Waals surface area contributed by atoms with Crippen LogP contribution in [0.5, 0.6) is 5.75 Å². The summed E-state index contributed by atoms with van der Waals surface area (Å²) in [6, 6.07) is 5.80. The third-order valence-corrected chi connectivity index (χ3v) is 4.73. The van der Waals surface area contributed by atoms with Crippen LogP contribution in [0.4, 0.5) is 5.13 Å². The molecule has 1 saturated heterocycles. The van der Waals surface area contributed by atoms with Crippen molar-refractivity contribution in [3.8, 4) is 5.75 Å². The molecule has 1 aliphatic rings.